The molecule has 2 amide bonds. The third-order valence-electron chi connectivity index (χ3n) is 5.03. The van der Waals surface area contributed by atoms with Gasteiger partial charge in [0, 0.05) is 24.1 Å². The van der Waals surface area contributed by atoms with Gasteiger partial charge in [0.05, 0.1) is 17.8 Å². The van der Waals surface area contributed by atoms with Crippen LogP contribution in [-0.2, 0) is 6.42 Å². The molecule has 1 aliphatic rings. The number of hydrogen-bond donors (Lipinski definition) is 3. The van der Waals surface area contributed by atoms with Gasteiger partial charge in [0.15, 0.2) is 0 Å². The van der Waals surface area contributed by atoms with Gasteiger partial charge in [0.25, 0.3) is 0 Å². The van der Waals surface area contributed by atoms with Crippen LogP contribution in [0.1, 0.15) is 37.1 Å². The third-order valence-corrected chi connectivity index (χ3v) is 5.03. The maximum absolute atomic E-state index is 12.7. The second kappa shape index (κ2) is 7.48. The number of nitrogens with zero attached hydrogens (tertiary/aromatic N) is 2. The number of nitrogens with one attached hydrogen (secondary N) is 2. The number of aliphatic hydroxyl groups is 1. The van der Waals surface area contributed by atoms with Crippen molar-refractivity contribution in [1.29, 1.82) is 0 Å². The molecule has 1 aromatic heterocycles. The lowest BCUT2D eigenvalue weighted by molar-refractivity contribution is 0.144. The van der Waals surface area contributed by atoms with Gasteiger partial charge in [-0.2, -0.15) is 5.10 Å². The fraction of sp³-hybridized carbons (Fsp3) is 0.273. The predicted octanol–water partition coefficient (Wildman–Crippen LogP) is 3.91. The van der Waals surface area contributed by atoms with Crippen molar-refractivity contribution in [3.05, 3.63) is 71.8 Å². The van der Waals surface area contributed by atoms with Crippen LogP contribution in [0.5, 0.6) is 0 Å². The Morgan fingerprint density at radius 2 is 1.86 bits per heavy atom. The predicted molar refractivity (Wildman–Crippen MR) is 109 cm³/mol. The summed E-state index contributed by atoms with van der Waals surface area (Å²) in [5, 5.41) is 20.8. The van der Waals surface area contributed by atoms with E-state index in [1.807, 2.05) is 74.5 Å². The average molecular weight is 376 g/mol. The second-order valence-corrected chi connectivity index (χ2v) is 7.37. The van der Waals surface area contributed by atoms with Crippen molar-refractivity contribution >= 4 is 11.8 Å². The molecule has 1 aliphatic carbocycles. The van der Waals surface area contributed by atoms with Crippen molar-refractivity contribution < 1.29 is 9.90 Å². The number of rotatable bonds is 4. The summed E-state index contributed by atoms with van der Waals surface area (Å²) in [7, 11) is 0. The standard InChI is InChI=1S/C22H24N4O2/c1-14(2)26-20(13-18(25-26)15-8-4-3-5-9-15)23-22(28)24-21-17-11-7-6-10-16(17)12-19(21)27/h3-11,13-14,19,21,27H,12H2,1-2H3,(H2,23,24,28)/t19-,21+/m0/s1. The van der Waals surface area contributed by atoms with Crippen molar-refractivity contribution in [3.63, 3.8) is 0 Å². The summed E-state index contributed by atoms with van der Waals surface area (Å²) in [6, 6.07) is 18.8. The topological polar surface area (TPSA) is 79.2 Å². The summed E-state index contributed by atoms with van der Waals surface area (Å²) in [5.74, 6) is 0.618. The molecule has 3 N–H and O–H groups in total. The van der Waals surface area contributed by atoms with Gasteiger partial charge in [-0.05, 0) is 25.0 Å². The molecule has 0 saturated carbocycles. The van der Waals surface area contributed by atoms with Crippen LogP contribution in [0.15, 0.2) is 60.7 Å². The monoisotopic (exact) mass is 376 g/mol. The average Bonchev–Trinajstić information content (AvgIpc) is 3.24. The van der Waals surface area contributed by atoms with E-state index in [2.05, 4.69) is 15.7 Å². The molecule has 0 radical (unpaired) electrons. The summed E-state index contributed by atoms with van der Waals surface area (Å²) >= 11 is 0. The Morgan fingerprint density at radius 1 is 1.14 bits per heavy atom. The number of fused-ring (bicyclic) bond motifs is 1. The number of hydrogen-bond acceptors (Lipinski definition) is 3. The van der Waals surface area contributed by atoms with Gasteiger partial charge in [-0.25, -0.2) is 9.48 Å². The first-order chi connectivity index (χ1) is 13.5. The number of urea groups is 1. The van der Waals surface area contributed by atoms with Crippen LogP contribution >= 0.6 is 0 Å². The highest BCUT2D eigenvalue weighted by molar-refractivity contribution is 5.89. The molecule has 144 valence electrons. The van der Waals surface area contributed by atoms with Crippen LogP contribution in [0.2, 0.25) is 0 Å². The van der Waals surface area contributed by atoms with Crippen molar-refractivity contribution in [2.75, 3.05) is 5.32 Å². The molecule has 0 bridgehead atoms. The highest BCUT2D eigenvalue weighted by Gasteiger charge is 2.32. The van der Waals surface area contributed by atoms with E-state index in [0.29, 0.717) is 12.2 Å². The fourth-order valence-corrected chi connectivity index (χ4v) is 3.67. The summed E-state index contributed by atoms with van der Waals surface area (Å²) < 4.78 is 1.79. The van der Waals surface area contributed by atoms with E-state index >= 15 is 0 Å². The maximum Gasteiger partial charge on any atom is 0.320 e. The number of aromatic nitrogens is 2. The van der Waals surface area contributed by atoms with Gasteiger partial charge in [-0.3, -0.25) is 5.32 Å². The molecule has 6 nitrogen and oxygen atoms in total. The van der Waals surface area contributed by atoms with E-state index in [-0.39, 0.29) is 12.1 Å². The molecule has 2 aromatic carbocycles. The van der Waals surface area contributed by atoms with Crippen LogP contribution in [-0.4, -0.2) is 27.0 Å². The Balaban J connectivity index is 1.54. The lowest BCUT2D eigenvalue weighted by Gasteiger charge is -2.19. The molecule has 6 heteroatoms. The molecule has 28 heavy (non-hydrogen) atoms. The van der Waals surface area contributed by atoms with Gasteiger partial charge in [-0.15, -0.1) is 0 Å². The van der Waals surface area contributed by atoms with Crippen LogP contribution in [0, 0.1) is 0 Å². The largest absolute Gasteiger partial charge is 0.390 e. The molecule has 0 saturated heterocycles. The lowest BCUT2D eigenvalue weighted by atomic mass is 10.1. The molecule has 0 spiro atoms. The van der Waals surface area contributed by atoms with Gasteiger partial charge in [0.1, 0.15) is 5.82 Å². The molecule has 1 heterocycles. The maximum atomic E-state index is 12.7. The van der Waals surface area contributed by atoms with Gasteiger partial charge >= 0.3 is 6.03 Å². The van der Waals surface area contributed by atoms with E-state index in [1.54, 1.807) is 4.68 Å². The van der Waals surface area contributed by atoms with Crippen molar-refractivity contribution in [2.45, 2.75) is 38.5 Å². The zero-order chi connectivity index (χ0) is 19.7. The van der Waals surface area contributed by atoms with E-state index < -0.39 is 12.1 Å². The molecular formula is C22H24N4O2. The van der Waals surface area contributed by atoms with Gasteiger partial charge in [-0.1, -0.05) is 54.6 Å². The third kappa shape index (κ3) is 3.51. The Hall–Kier alpha value is -3.12. The van der Waals surface area contributed by atoms with Crippen LogP contribution in [0.3, 0.4) is 0 Å². The molecule has 0 fully saturated rings. The van der Waals surface area contributed by atoms with E-state index in [0.717, 1.165) is 22.4 Å². The SMILES string of the molecule is CC(C)n1nc(-c2ccccc2)cc1NC(=O)N[C@@H]1c2ccccc2C[C@@H]1O. The van der Waals surface area contributed by atoms with E-state index in [1.165, 1.54) is 0 Å². The number of aliphatic hydroxyl groups excluding tert-OH is 1. The first-order valence-corrected chi connectivity index (χ1v) is 9.51. The zero-order valence-corrected chi connectivity index (χ0v) is 16.0. The molecule has 0 unspecified atom stereocenters. The number of carbonyl (C=O) groups excluding carboxylic acids is 1. The van der Waals surface area contributed by atoms with Crippen molar-refractivity contribution in [2.24, 2.45) is 0 Å². The Bertz CT molecular complexity index is 981. The van der Waals surface area contributed by atoms with Gasteiger partial charge in [0.2, 0.25) is 0 Å². The normalized spacial score (nSPS) is 18.1. The fourth-order valence-electron chi connectivity index (χ4n) is 3.67. The summed E-state index contributed by atoms with van der Waals surface area (Å²) in [4.78, 5) is 12.7. The first kappa shape index (κ1) is 18.3. The number of benzene rings is 2. The van der Waals surface area contributed by atoms with Gasteiger partial charge < -0.3 is 10.4 Å². The van der Waals surface area contributed by atoms with Crippen molar-refractivity contribution in [3.8, 4) is 11.3 Å². The lowest BCUT2D eigenvalue weighted by Crippen LogP contribution is -2.37. The molecule has 3 aromatic rings. The summed E-state index contributed by atoms with van der Waals surface area (Å²) in [6.45, 7) is 4.03. The number of carbonyl (C=O) groups is 1. The van der Waals surface area contributed by atoms with Crippen LogP contribution < -0.4 is 10.6 Å². The Kier molecular flexibility index (Phi) is 4.88. The molecule has 4 rings (SSSR count). The molecule has 0 aliphatic heterocycles. The number of anilines is 1. The first-order valence-electron chi connectivity index (χ1n) is 9.51. The zero-order valence-electron chi connectivity index (χ0n) is 16.0. The molecular weight excluding hydrogens is 352 g/mol. The van der Waals surface area contributed by atoms with E-state index in [9.17, 15) is 9.90 Å². The second-order valence-electron chi connectivity index (χ2n) is 7.37. The minimum atomic E-state index is -0.627. The highest BCUT2D eigenvalue weighted by atomic mass is 16.3. The summed E-state index contributed by atoms with van der Waals surface area (Å²) in [5.41, 5.74) is 3.83. The quantitative estimate of drug-likeness (QED) is 0.646. The Morgan fingerprint density at radius 3 is 2.61 bits per heavy atom. The Labute approximate surface area is 164 Å². The summed E-state index contributed by atoms with van der Waals surface area (Å²) in [6.07, 6.45) is -0.0820. The minimum absolute atomic E-state index is 0.0885. The minimum Gasteiger partial charge on any atom is -0.390 e. The van der Waals surface area contributed by atoms with E-state index in [4.69, 9.17) is 0 Å². The van der Waals surface area contributed by atoms with Crippen molar-refractivity contribution in [1.82, 2.24) is 15.1 Å². The smallest absolute Gasteiger partial charge is 0.320 e. The highest BCUT2D eigenvalue weighted by Crippen LogP contribution is 2.31. The number of amides is 2. The molecule has 2 atom stereocenters. The van der Waals surface area contributed by atoms with Crippen LogP contribution in [0.25, 0.3) is 11.3 Å². The van der Waals surface area contributed by atoms with Crippen LogP contribution in [0.4, 0.5) is 10.6 Å².